The summed E-state index contributed by atoms with van der Waals surface area (Å²) in [7, 11) is 0. The van der Waals surface area contributed by atoms with Gasteiger partial charge in [0.05, 0.1) is 19.3 Å². The zero-order chi connectivity index (χ0) is 13.9. The molecule has 110 valence electrons. The summed E-state index contributed by atoms with van der Waals surface area (Å²) in [5.41, 5.74) is 0. The van der Waals surface area contributed by atoms with E-state index in [0.29, 0.717) is 25.8 Å². The molecule has 0 aromatic carbocycles. The molecule has 1 aromatic heterocycles. The Kier molecular flexibility index (Phi) is 9.08. The first-order chi connectivity index (χ1) is 9.22. The van der Waals surface area contributed by atoms with Crippen molar-refractivity contribution in [2.24, 2.45) is 0 Å². The molecule has 0 aliphatic rings. The second-order valence-corrected chi connectivity index (χ2v) is 6.09. The van der Waals surface area contributed by atoms with Gasteiger partial charge in [0.2, 0.25) is 0 Å². The van der Waals surface area contributed by atoms with E-state index in [4.69, 9.17) is 4.74 Å². The maximum Gasteiger partial charge on any atom is 0.0897 e. The molecule has 3 nitrogen and oxygen atoms in total. The third-order valence-electron chi connectivity index (χ3n) is 3.08. The van der Waals surface area contributed by atoms with Crippen LogP contribution in [-0.4, -0.2) is 30.4 Å². The molecule has 1 aromatic rings. The van der Waals surface area contributed by atoms with Gasteiger partial charge in [-0.2, -0.15) is 0 Å². The van der Waals surface area contributed by atoms with Crippen LogP contribution < -0.4 is 5.32 Å². The fourth-order valence-electron chi connectivity index (χ4n) is 1.89. The minimum Gasteiger partial charge on any atom is -0.389 e. The molecular formula is C15H27NO2S. The number of hydrogen-bond acceptors (Lipinski definition) is 4. The number of aliphatic hydroxyl groups is 1. The van der Waals surface area contributed by atoms with Crippen molar-refractivity contribution in [3.8, 4) is 0 Å². The number of aliphatic hydroxyl groups excluding tert-OH is 1. The van der Waals surface area contributed by atoms with Crippen molar-refractivity contribution in [3.05, 3.63) is 22.4 Å². The van der Waals surface area contributed by atoms with Crippen LogP contribution in [0.15, 0.2) is 17.5 Å². The van der Waals surface area contributed by atoms with E-state index < -0.39 is 6.10 Å². The van der Waals surface area contributed by atoms with Crippen molar-refractivity contribution in [1.29, 1.82) is 0 Å². The molecule has 4 heteroatoms. The van der Waals surface area contributed by atoms with Crippen LogP contribution >= 0.6 is 11.3 Å². The second kappa shape index (κ2) is 10.4. The van der Waals surface area contributed by atoms with Gasteiger partial charge in [-0.1, -0.05) is 32.3 Å². The number of rotatable bonds is 11. The first-order valence-corrected chi connectivity index (χ1v) is 8.12. The predicted octanol–water partition coefficient (Wildman–Crippen LogP) is 3.18. The van der Waals surface area contributed by atoms with Crippen LogP contribution in [-0.2, 0) is 11.3 Å². The van der Waals surface area contributed by atoms with Gasteiger partial charge in [0.25, 0.3) is 0 Å². The van der Waals surface area contributed by atoms with Gasteiger partial charge < -0.3 is 15.2 Å². The summed E-state index contributed by atoms with van der Waals surface area (Å²) in [5, 5.41) is 15.2. The molecule has 2 unspecified atom stereocenters. The van der Waals surface area contributed by atoms with Crippen molar-refractivity contribution in [2.45, 2.75) is 58.3 Å². The first kappa shape index (κ1) is 16.6. The van der Waals surface area contributed by atoms with Crippen molar-refractivity contribution < 1.29 is 9.84 Å². The molecule has 0 spiro atoms. The van der Waals surface area contributed by atoms with E-state index in [9.17, 15) is 5.11 Å². The summed E-state index contributed by atoms with van der Waals surface area (Å²) in [6, 6.07) is 4.53. The Morgan fingerprint density at radius 2 is 2.26 bits per heavy atom. The van der Waals surface area contributed by atoms with E-state index in [1.807, 2.05) is 17.5 Å². The van der Waals surface area contributed by atoms with E-state index >= 15 is 0 Å². The lowest BCUT2D eigenvalue weighted by Crippen LogP contribution is -2.35. The van der Waals surface area contributed by atoms with Crippen LogP contribution in [0.25, 0.3) is 0 Å². The molecule has 0 aliphatic heterocycles. The highest BCUT2D eigenvalue weighted by molar-refractivity contribution is 7.09. The van der Waals surface area contributed by atoms with Crippen LogP contribution in [0.4, 0.5) is 0 Å². The molecule has 1 heterocycles. The Morgan fingerprint density at radius 1 is 1.42 bits per heavy atom. The van der Waals surface area contributed by atoms with Crippen molar-refractivity contribution in [1.82, 2.24) is 5.32 Å². The number of thiophene rings is 1. The predicted molar refractivity (Wildman–Crippen MR) is 81.6 cm³/mol. The van der Waals surface area contributed by atoms with Gasteiger partial charge in [-0.15, -0.1) is 11.3 Å². The number of hydrogen-bond donors (Lipinski definition) is 2. The van der Waals surface area contributed by atoms with Crippen LogP contribution in [0.3, 0.4) is 0 Å². The maximum absolute atomic E-state index is 9.81. The lowest BCUT2D eigenvalue weighted by Gasteiger charge is -2.17. The quantitative estimate of drug-likeness (QED) is 0.614. The summed E-state index contributed by atoms with van der Waals surface area (Å²) >= 11 is 1.68. The normalized spacial score (nSPS) is 14.5. The molecule has 0 saturated carbocycles. The first-order valence-electron chi connectivity index (χ1n) is 7.24. The lowest BCUT2D eigenvalue weighted by atomic mass is 10.1. The Hall–Kier alpha value is -0.420. The van der Waals surface area contributed by atoms with Crippen LogP contribution in [0.5, 0.6) is 0 Å². The highest BCUT2D eigenvalue weighted by Gasteiger charge is 2.07. The van der Waals surface area contributed by atoms with Crippen molar-refractivity contribution in [3.63, 3.8) is 0 Å². The van der Waals surface area contributed by atoms with E-state index in [0.717, 1.165) is 0 Å². The van der Waals surface area contributed by atoms with Gasteiger partial charge in [0, 0.05) is 17.5 Å². The molecule has 0 aliphatic carbocycles. The zero-order valence-electron chi connectivity index (χ0n) is 12.1. The van der Waals surface area contributed by atoms with Gasteiger partial charge >= 0.3 is 0 Å². The molecule has 0 bridgehead atoms. The van der Waals surface area contributed by atoms with Crippen molar-refractivity contribution >= 4 is 11.3 Å². The fourth-order valence-corrected chi connectivity index (χ4v) is 2.53. The minimum atomic E-state index is -0.423. The molecule has 1 rings (SSSR count). The number of nitrogens with one attached hydrogen (secondary N) is 1. The minimum absolute atomic E-state index is 0.395. The van der Waals surface area contributed by atoms with Gasteiger partial charge in [-0.25, -0.2) is 0 Å². The Balaban J connectivity index is 1.99. The van der Waals surface area contributed by atoms with Gasteiger partial charge in [0.15, 0.2) is 0 Å². The van der Waals surface area contributed by atoms with Gasteiger partial charge in [-0.05, 0) is 24.8 Å². The third kappa shape index (κ3) is 8.37. The molecule has 0 amide bonds. The molecule has 2 N–H and O–H groups in total. The summed E-state index contributed by atoms with van der Waals surface area (Å²) in [6.45, 7) is 5.99. The van der Waals surface area contributed by atoms with Crippen LogP contribution in [0.1, 0.15) is 44.4 Å². The van der Waals surface area contributed by atoms with Gasteiger partial charge in [-0.3, -0.25) is 0 Å². The average Bonchev–Trinajstić information content (AvgIpc) is 2.90. The van der Waals surface area contributed by atoms with Crippen molar-refractivity contribution in [2.75, 3.05) is 13.2 Å². The highest BCUT2D eigenvalue weighted by atomic mass is 32.1. The SMILES string of the molecule is CCCCCC(C)NCC(O)COCc1cccs1. The van der Waals surface area contributed by atoms with E-state index in [2.05, 4.69) is 19.2 Å². The second-order valence-electron chi connectivity index (χ2n) is 5.05. The zero-order valence-corrected chi connectivity index (χ0v) is 12.9. The summed E-state index contributed by atoms with van der Waals surface area (Å²) in [4.78, 5) is 1.20. The fraction of sp³-hybridized carbons (Fsp3) is 0.733. The molecule has 2 atom stereocenters. The molecule has 0 saturated heterocycles. The highest BCUT2D eigenvalue weighted by Crippen LogP contribution is 2.09. The summed E-state index contributed by atoms with van der Waals surface area (Å²) < 4.78 is 5.49. The van der Waals surface area contributed by atoms with E-state index in [1.54, 1.807) is 11.3 Å². The maximum atomic E-state index is 9.81. The summed E-state index contributed by atoms with van der Waals surface area (Å²) in [5.74, 6) is 0. The summed E-state index contributed by atoms with van der Waals surface area (Å²) in [6.07, 6.45) is 4.56. The Bertz CT molecular complexity index is 303. The largest absolute Gasteiger partial charge is 0.389 e. The monoisotopic (exact) mass is 285 g/mol. The standard InChI is InChI=1S/C15H27NO2S/c1-3-4-5-7-13(2)16-10-14(17)11-18-12-15-8-6-9-19-15/h6,8-9,13-14,16-17H,3-5,7,10-12H2,1-2H3. The topological polar surface area (TPSA) is 41.5 Å². The smallest absolute Gasteiger partial charge is 0.0897 e. The van der Waals surface area contributed by atoms with Crippen LogP contribution in [0, 0.1) is 0 Å². The molecule has 0 radical (unpaired) electrons. The average molecular weight is 285 g/mol. The third-order valence-corrected chi connectivity index (χ3v) is 3.93. The number of unbranched alkanes of at least 4 members (excludes halogenated alkanes) is 2. The molecular weight excluding hydrogens is 258 g/mol. The molecule has 0 fully saturated rings. The van der Waals surface area contributed by atoms with E-state index in [1.165, 1.54) is 30.6 Å². The van der Waals surface area contributed by atoms with E-state index in [-0.39, 0.29) is 0 Å². The number of ether oxygens (including phenoxy) is 1. The molecule has 19 heavy (non-hydrogen) atoms. The Morgan fingerprint density at radius 3 is 2.95 bits per heavy atom. The van der Waals surface area contributed by atoms with Crippen LogP contribution in [0.2, 0.25) is 0 Å². The lowest BCUT2D eigenvalue weighted by molar-refractivity contribution is 0.0287. The van der Waals surface area contributed by atoms with Gasteiger partial charge in [0.1, 0.15) is 0 Å². The Labute approximate surface area is 121 Å².